The molecule has 7 heteroatoms. The lowest BCUT2D eigenvalue weighted by molar-refractivity contribution is 0.390. The van der Waals surface area contributed by atoms with Crippen molar-refractivity contribution in [3.8, 4) is 0 Å². The summed E-state index contributed by atoms with van der Waals surface area (Å²) in [5.74, 6) is 0.799. The summed E-state index contributed by atoms with van der Waals surface area (Å²) in [6.45, 7) is 7.48. The van der Waals surface area contributed by atoms with Crippen molar-refractivity contribution >= 4 is 40.0 Å². The Kier molecular flexibility index (Phi) is 6.01. The predicted octanol–water partition coefficient (Wildman–Crippen LogP) is 2.95. The zero-order chi connectivity index (χ0) is 18.7. The number of nitrogens with zero attached hydrogens (tertiary/aromatic N) is 3. The lowest BCUT2D eigenvalue weighted by Crippen LogP contribution is -2.50. The van der Waals surface area contributed by atoms with Crippen LogP contribution < -0.4 is 10.2 Å². The van der Waals surface area contributed by atoms with Gasteiger partial charge < -0.3 is 19.7 Å². The second-order valence-corrected chi connectivity index (χ2v) is 8.29. The van der Waals surface area contributed by atoms with Crippen LogP contribution in [0.4, 0.5) is 11.5 Å². The van der Waals surface area contributed by atoms with Crippen LogP contribution in [0.3, 0.4) is 0 Å². The van der Waals surface area contributed by atoms with E-state index in [1.54, 1.807) is 6.26 Å². The molecule has 0 spiro atoms. The first-order valence-electron chi connectivity index (χ1n) is 8.62. The minimum atomic E-state index is -0.959. The van der Waals surface area contributed by atoms with Crippen LogP contribution in [-0.2, 0) is 11.2 Å². The number of rotatable bonds is 3. The van der Waals surface area contributed by atoms with Gasteiger partial charge in [0.1, 0.15) is 12.1 Å². The van der Waals surface area contributed by atoms with Crippen molar-refractivity contribution in [2.75, 3.05) is 42.7 Å². The molecule has 0 saturated carbocycles. The van der Waals surface area contributed by atoms with E-state index in [0.29, 0.717) is 5.11 Å². The van der Waals surface area contributed by atoms with E-state index in [4.69, 9.17) is 12.2 Å². The SMILES string of the molecule is Cc1cc(C)nc(NC(=S)N2CCN(c3cccc([S+](C)[O-])c3)CC2)c1. The minimum absolute atomic E-state index is 0.713. The molecule has 1 saturated heterocycles. The molecule has 1 unspecified atom stereocenters. The molecule has 1 N–H and O–H groups in total. The number of hydrogen-bond acceptors (Lipinski definition) is 4. The molecule has 0 aliphatic carbocycles. The molecular formula is C19H24N4OS2. The normalized spacial score (nSPS) is 15.7. The molecule has 1 aliphatic heterocycles. The molecule has 2 aromatic rings. The number of anilines is 2. The molecule has 1 aliphatic rings. The maximum atomic E-state index is 11.7. The molecule has 2 heterocycles. The van der Waals surface area contributed by atoms with Gasteiger partial charge in [-0.3, -0.25) is 0 Å². The van der Waals surface area contributed by atoms with E-state index in [1.165, 1.54) is 5.56 Å². The maximum Gasteiger partial charge on any atom is 0.174 e. The summed E-state index contributed by atoms with van der Waals surface area (Å²) in [4.78, 5) is 9.84. The highest BCUT2D eigenvalue weighted by molar-refractivity contribution is 7.90. The Labute approximate surface area is 163 Å². The lowest BCUT2D eigenvalue weighted by Gasteiger charge is -2.37. The van der Waals surface area contributed by atoms with Crippen molar-refractivity contribution < 1.29 is 4.55 Å². The van der Waals surface area contributed by atoms with E-state index in [2.05, 4.69) is 33.1 Å². The lowest BCUT2D eigenvalue weighted by atomic mass is 10.2. The van der Waals surface area contributed by atoms with Crippen molar-refractivity contribution in [1.82, 2.24) is 9.88 Å². The Morgan fingerprint density at radius 1 is 1.15 bits per heavy atom. The standard InChI is InChI=1S/C19H24N4OS2/c1-14-11-15(2)20-18(12-14)21-19(25)23-9-7-22(8-10-23)16-5-4-6-17(13-16)26(3)24/h4-6,11-13H,7-10H2,1-3H3,(H,20,21,25). The summed E-state index contributed by atoms with van der Waals surface area (Å²) in [5.41, 5.74) is 3.27. The van der Waals surface area contributed by atoms with E-state index in [1.807, 2.05) is 37.3 Å². The highest BCUT2D eigenvalue weighted by atomic mass is 32.2. The van der Waals surface area contributed by atoms with Gasteiger partial charge in [0, 0.05) is 43.6 Å². The van der Waals surface area contributed by atoms with Crippen LogP contribution >= 0.6 is 12.2 Å². The van der Waals surface area contributed by atoms with Crippen molar-refractivity contribution in [2.45, 2.75) is 18.7 Å². The minimum Gasteiger partial charge on any atom is -0.612 e. The second kappa shape index (κ2) is 8.24. The Balaban J connectivity index is 1.59. The van der Waals surface area contributed by atoms with Crippen LogP contribution in [-0.4, -0.2) is 52.0 Å². The van der Waals surface area contributed by atoms with Crippen molar-refractivity contribution in [3.05, 3.63) is 47.7 Å². The van der Waals surface area contributed by atoms with E-state index in [9.17, 15) is 4.55 Å². The smallest absolute Gasteiger partial charge is 0.174 e. The first kappa shape index (κ1) is 18.9. The third kappa shape index (κ3) is 4.66. The number of hydrogen-bond donors (Lipinski definition) is 1. The molecule has 1 fully saturated rings. The predicted molar refractivity (Wildman–Crippen MR) is 112 cm³/mol. The summed E-state index contributed by atoms with van der Waals surface area (Å²) in [7, 11) is 0. The van der Waals surface area contributed by atoms with Gasteiger partial charge in [0.2, 0.25) is 0 Å². The second-order valence-electron chi connectivity index (χ2n) is 6.53. The summed E-state index contributed by atoms with van der Waals surface area (Å²) < 4.78 is 11.7. The molecule has 1 atom stereocenters. The molecule has 26 heavy (non-hydrogen) atoms. The molecular weight excluding hydrogens is 364 g/mol. The summed E-state index contributed by atoms with van der Waals surface area (Å²) in [5, 5.41) is 3.97. The van der Waals surface area contributed by atoms with Crippen LogP contribution in [0.2, 0.25) is 0 Å². The fraction of sp³-hybridized carbons (Fsp3) is 0.368. The Hall–Kier alpha value is -1.83. The maximum absolute atomic E-state index is 11.7. The van der Waals surface area contributed by atoms with E-state index in [-0.39, 0.29) is 0 Å². The van der Waals surface area contributed by atoms with Crippen molar-refractivity contribution in [2.24, 2.45) is 0 Å². The molecule has 0 bridgehead atoms. The van der Waals surface area contributed by atoms with Gasteiger partial charge in [0.05, 0.1) is 0 Å². The fourth-order valence-electron chi connectivity index (χ4n) is 3.12. The molecule has 1 aromatic heterocycles. The largest absolute Gasteiger partial charge is 0.612 e. The van der Waals surface area contributed by atoms with Gasteiger partial charge in [-0.05, 0) is 67.1 Å². The molecule has 5 nitrogen and oxygen atoms in total. The van der Waals surface area contributed by atoms with Crippen LogP contribution in [0.1, 0.15) is 11.3 Å². The zero-order valence-electron chi connectivity index (χ0n) is 15.4. The van der Waals surface area contributed by atoms with Gasteiger partial charge in [-0.2, -0.15) is 0 Å². The van der Waals surface area contributed by atoms with E-state index >= 15 is 0 Å². The number of thiocarbonyl (C=S) groups is 1. The number of aromatic nitrogens is 1. The summed E-state index contributed by atoms with van der Waals surface area (Å²) >= 11 is 4.61. The number of benzene rings is 1. The van der Waals surface area contributed by atoms with Crippen LogP contribution in [0, 0.1) is 13.8 Å². The first-order chi connectivity index (χ1) is 12.4. The summed E-state index contributed by atoms with van der Waals surface area (Å²) in [6.07, 6.45) is 1.71. The van der Waals surface area contributed by atoms with Crippen LogP contribution in [0.25, 0.3) is 0 Å². The Morgan fingerprint density at radius 2 is 1.88 bits per heavy atom. The monoisotopic (exact) mass is 388 g/mol. The van der Waals surface area contributed by atoms with Gasteiger partial charge in [0.25, 0.3) is 0 Å². The van der Waals surface area contributed by atoms with Gasteiger partial charge in [0.15, 0.2) is 10.0 Å². The topological polar surface area (TPSA) is 54.5 Å². The van der Waals surface area contributed by atoms with Gasteiger partial charge >= 0.3 is 0 Å². The van der Waals surface area contributed by atoms with E-state index < -0.39 is 11.2 Å². The van der Waals surface area contributed by atoms with E-state index in [0.717, 1.165) is 48.3 Å². The fourth-order valence-corrected chi connectivity index (χ4v) is 3.96. The van der Waals surface area contributed by atoms with Gasteiger partial charge in [-0.1, -0.05) is 6.07 Å². The van der Waals surface area contributed by atoms with Crippen molar-refractivity contribution in [3.63, 3.8) is 0 Å². The molecule has 138 valence electrons. The summed E-state index contributed by atoms with van der Waals surface area (Å²) in [6, 6.07) is 12.0. The number of piperazine rings is 1. The Morgan fingerprint density at radius 3 is 2.54 bits per heavy atom. The molecule has 1 aromatic carbocycles. The number of aryl methyl sites for hydroxylation is 2. The number of pyridine rings is 1. The molecule has 0 amide bonds. The third-order valence-corrected chi connectivity index (χ3v) is 5.69. The van der Waals surface area contributed by atoms with Crippen molar-refractivity contribution in [1.29, 1.82) is 0 Å². The zero-order valence-corrected chi connectivity index (χ0v) is 17.0. The third-order valence-electron chi connectivity index (χ3n) is 4.41. The Bertz CT molecular complexity index is 769. The highest BCUT2D eigenvalue weighted by Gasteiger charge is 2.20. The quantitative estimate of drug-likeness (QED) is 0.644. The number of nitrogens with one attached hydrogen (secondary N) is 1. The highest BCUT2D eigenvalue weighted by Crippen LogP contribution is 2.21. The molecule has 3 rings (SSSR count). The van der Waals surface area contributed by atoms with Crippen LogP contribution in [0.15, 0.2) is 41.3 Å². The average Bonchev–Trinajstić information content (AvgIpc) is 2.61. The first-order valence-corrected chi connectivity index (χ1v) is 10.6. The average molecular weight is 389 g/mol. The molecule has 0 radical (unpaired) electrons. The van der Waals surface area contributed by atoms with Crippen LogP contribution in [0.5, 0.6) is 0 Å². The van der Waals surface area contributed by atoms with Gasteiger partial charge in [-0.25, -0.2) is 4.98 Å². The van der Waals surface area contributed by atoms with Gasteiger partial charge in [-0.15, -0.1) is 0 Å².